The van der Waals surface area contributed by atoms with Gasteiger partial charge in [0.05, 0.1) is 17.5 Å². The van der Waals surface area contributed by atoms with Gasteiger partial charge in [-0.3, -0.25) is 14.9 Å². The number of sulfone groups is 1. The van der Waals surface area contributed by atoms with Crippen LogP contribution in [0, 0.1) is 6.92 Å². The average Bonchev–Trinajstić information content (AvgIpc) is 3.02. The summed E-state index contributed by atoms with van der Waals surface area (Å²) in [6.45, 7) is 9.25. The molecule has 10 nitrogen and oxygen atoms in total. The number of aromatic nitrogens is 1. The van der Waals surface area contributed by atoms with E-state index in [9.17, 15) is 23.1 Å². The Bertz CT molecular complexity index is 1840. The number of ether oxygens (including phenoxy) is 1. The van der Waals surface area contributed by atoms with Crippen LogP contribution >= 0.6 is 0 Å². The second kappa shape index (κ2) is 13.5. The van der Waals surface area contributed by atoms with Gasteiger partial charge in [0, 0.05) is 43.4 Å². The van der Waals surface area contributed by atoms with Gasteiger partial charge in [-0.2, -0.15) is 0 Å². The molecule has 1 amide bonds. The van der Waals surface area contributed by atoms with Gasteiger partial charge in [0.15, 0.2) is 5.03 Å². The number of carbonyl (C=O) groups is 2. The largest absolute Gasteiger partial charge is 0.508 e. The number of fused-ring (bicyclic) bond motifs is 1. The number of carbonyl (C=O) groups excluding carboxylic acids is 2. The first-order valence-corrected chi connectivity index (χ1v) is 16.8. The molecule has 242 valence electrons. The molecule has 0 saturated carbocycles. The number of pyridine rings is 1. The highest BCUT2D eigenvalue weighted by Gasteiger charge is 2.32. The average molecular weight is 645 g/mol. The van der Waals surface area contributed by atoms with Crippen LogP contribution in [0.2, 0.25) is 0 Å². The lowest BCUT2D eigenvalue weighted by Crippen LogP contribution is -2.55. The smallest absolute Gasteiger partial charge is 0.320 e. The number of piperazine rings is 1. The predicted molar refractivity (Wildman–Crippen MR) is 177 cm³/mol. The van der Waals surface area contributed by atoms with Crippen molar-refractivity contribution >= 4 is 38.2 Å². The molecule has 1 aliphatic heterocycles. The van der Waals surface area contributed by atoms with Gasteiger partial charge in [-0.15, -0.1) is 0 Å². The Hall–Kier alpha value is -4.48. The molecule has 2 heterocycles. The summed E-state index contributed by atoms with van der Waals surface area (Å²) >= 11 is 0. The number of para-hydroxylation sites is 1. The molecular weight excluding hydrogens is 604 g/mol. The zero-order valence-electron chi connectivity index (χ0n) is 26.6. The van der Waals surface area contributed by atoms with Gasteiger partial charge < -0.3 is 19.6 Å². The molecule has 1 fully saturated rings. The second-order valence-corrected chi connectivity index (χ2v) is 14.3. The van der Waals surface area contributed by atoms with Gasteiger partial charge in [-0.1, -0.05) is 48.5 Å². The second-order valence-electron chi connectivity index (χ2n) is 12.5. The number of phenols is 1. The summed E-state index contributed by atoms with van der Waals surface area (Å²) in [4.78, 5) is 34.8. The number of esters is 1. The van der Waals surface area contributed by atoms with Crippen molar-refractivity contribution < 1.29 is 27.9 Å². The Labute approximate surface area is 269 Å². The van der Waals surface area contributed by atoms with Gasteiger partial charge in [0.2, 0.25) is 15.7 Å². The van der Waals surface area contributed by atoms with E-state index in [4.69, 9.17) is 4.74 Å². The molecule has 4 aromatic rings. The minimum atomic E-state index is -4.23. The molecule has 0 spiro atoms. The van der Waals surface area contributed by atoms with E-state index < -0.39 is 27.4 Å². The van der Waals surface area contributed by atoms with Crippen LogP contribution < -0.4 is 10.2 Å². The van der Waals surface area contributed by atoms with E-state index in [1.165, 1.54) is 24.4 Å². The van der Waals surface area contributed by atoms with Crippen molar-refractivity contribution in [3.05, 3.63) is 90.1 Å². The molecule has 1 atom stereocenters. The Morgan fingerprint density at radius 3 is 2.39 bits per heavy atom. The fourth-order valence-corrected chi connectivity index (χ4v) is 7.39. The van der Waals surface area contributed by atoms with Gasteiger partial charge in [-0.25, -0.2) is 13.4 Å². The van der Waals surface area contributed by atoms with E-state index in [1.54, 1.807) is 49.9 Å². The number of hydrogen-bond donors (Lipinski definition) is 2. The molecule has 46 heavy (non-hydrogen) atoms. The molecule has 5 rings (SSSR count). The fraction of sp³-hybridized carbons (Fsp3) is 0.343. The number of rotatable bonds is 9. The van der Waals surface area contributed by atoms with Crippen molar-refractivity contribution in [2.75, 3.05) is 37.6 Å². The third kappa shape index (κ3) is 7.48. The summed E-state index contributed by atoms with van der Waals surface area (Å²) in [5.41, 5.74) is 1.87. The molecule has 3 aromatic carbocycles. The van der Waals surface area contributed by atoms with E-state index in [2.05, 4.69) is 34.3 Å². The number of anilines is 1. The Morgan fingerprint density at radius 2 is 1.67 bits per heavy atom. The number of hydrogen-bond acceptors (Lipinski definition) is 9. The number of phenolic OH excluding ortho intramolecular Hbond substituents is 1. The summed E-state index contributed by atoms with van der Waals surface area (Å²) in [5.74, 6) is -1.03. The van der Waals surface area contributed by atoms with Crippen molar-refractivity contribution in [1.29, 1.82) is 0 Å². The highest BCUT2D eigenvalue weighted by molar-refractivity contribution is 7.91. The van der Waals surface area contributed by atoms with E-state index in [0.29, 0.717) is 42.5 Å². The van der Waals surface area contributed by atoms with E-state index in [0.717, 1.165) is 11.3 Å². The Balaban J connectivity index is 1.44. The maximum atomic E-state index is 14.1. The summed E-state index contributed by atoms with van der Waals surface area (Å²) in [6.07, 6.45) is 1.38. The minimum absolute atomic E-state index is 0.0563. The zero-order chi connectivity index (χ0) is 33.1. The highest BCUT2D eigenvalue weighted by Crippen LogP contribution is 2.31. The lowest BCUT2D eigenvalue weighted by atomic mass is 10.0. The molecular formula is C35H40N4O6S. The first kappa shape index (κ1) is 32.9. The fourth-order valence-electron chi connectivity index (χ4n) is 5.73. The molecule has 1 unspecified atom stereocenters. The molecule has 0 aliphatic carbocycles. The summed E-state index contributed by atoms with van der Waals surface area (Å²) in [5, 5.41) is 14.4. The zero-order valence-corrected chi connectivity index (χ0v) is 27.4. The van der Waals surface area contributed by atoms with Gasteiger partial charge >= 0.3 is 5.97 Å². The molecule has 0 radical (unpaired) electrons. The maximum Gasteiger partial charge on any atom is 0.320 e. The Kier molecular flexibility index (Phi) is 9.64. The van der Waals surface area contributed by atoms with Crippen molar-refractivity contribution in [3.63, 3.8) is 0 Å². The van der Waals surface area contributed by atoms with Gasteiger partial charge in [0.25, 0.3) is 0 Å². The topological polar surface area (TPSA) is 129 Å². The summed E-state index contributed by atoms with van der Waals surface area (Å²) in [7, 11) is -4.23. The normalized spacial score (nSPS) is 14.7. The molecule has 1 saturated heterocycles. The van der Waals surface area contributed by atoms with Crippen LogP contribution in [0.4, 0.5) is 5.69 Å². The molecule has 1 aromatic heterocycles. The van der Waals surface area contributed by atoms with Crippen LogP contribution in [0.1, 0.15) is 31.9 Å². The van der Waals surface area contributed by atoms with Crippen molar-refractivity contribution in [1.82, 2.24) is 15.2 Å². The summed E-state index contributed by atoms with van der Waals surface area (Å²) < 4.78 is 33.7. The predicted octanol–water partition coefficient (Wildman–Crippen LogP) is 4.27. The molecule has 2 N–H and O–H groups in total. The lowest BCUT2D eigenvalue weighted by molar-refractivity contribution is -0.153. The van der Waals surface area contributed by atoms with Crippen molar-refractivity contribution in [3.8, 4) is 5.75 Å². The van der Waals surface area contributed by atoms with Crippen LogP contribution in [0.25, 0.3) is 10.8 Å². The first-order chi connectivity index (χ1) is 21.8. The van der Waals surface area contributed by atoms with E-state index in [1.807, 2.05) is 18.2 Å². The third-order valence-corrected chi connectivity index (χ3v) is 9.71. The van der Waals surface area contributed by atoms with Crippen LogP contribution in [0.5, 0.6) is 5.75 Å². The number of nitrogens with zero attached hydrogens (tertiary/aromatic N) is 3. The molecule has 0 bridgehead atoms. The highest BCUT2D eigenvalue weighted by atomic mass is 32.2. The Morgan fingerprint density at radius 1 is 0.978 bits per heavy atom. The van der Waals surface area contributed by atoms with Gasteiger partial charge in [0.1, 0.15) is 11.4 Å². The van der Waals surface area contributed by atoms with E-state index >= 15 is 0 Å². The third-order valence-electron chi connectivity index (χ3n) is 7.91. The number of aromatic hydroxyl groups is 1. The van der Waals surface area contributed by atoms with Crippen molar-refractivity contribution in [2.24, 2.45) is 0 Å². The first-order valence-electron chi connectivity index (χ1n) is 15.3. The molecule has 1 aliphatic rings. The molecule has 11 heteroatoms. The number of benzene rings is 3. The summed E-state index contributed by atoms with van der Waals surface area (Å²) in [6, 6.07) is 20.0. The van der Waals surface area contributed by atoms with Crippen LogP contribution in [-0.2, 0) is 30.6 Å². The quantitative estimate of drug-likeness (QED) is 0.257. The van der Waals surface area contributed by atoms with Crippen LogP contribution in [0.3, 0.4) is 0 Å². The number of aryl methyl sites for hydroxylation is 1. The monoisotopic (exact) mass is 644 g/mol. The van der Waals surface area contributed by atoms with E-state index in [-0.39, 0.29) is 34.5 Å². The van der Waals surface area contributed by atoms with Crippen LogP contribution in [0.15, 0.2) is 88.9 Å². The van der Waals surface area contributed by atoms with Gasteiger partial charge in [-0.05, 0) is 74.9 Å². The number of nitrogens with one attached hydrogen (secondary N) is 1. The SMILES string of the molecule is Cc1ccccc1N1CCN(C(=O)C(Cc2ccc(O)cc2S(=O)(=O)c2nccc3ccccc23)NCC(=O)OC(C)(C)C)CC1. The van der Waals surface area contributed by atoms with Crippen molar-refractivity contribution in [2.45, 2.75) is 55.7 Å². The standard InChI is InChI=1S/C35H40N4O6S/c1-24-9-5-8-12-30(24)38-17-19-39(20-18-38)34(42)29(37-23-32(41)45-35(2,3)4)21-26-13-14-27(40)22-31(26)46(43,44)33-28-11-7-6-10-25(28)15-16-36-33/h5-16,22,29,37,40H,17-21,23H2,1-4H3. The lowest BCUT2D eigenvalue weighted by Gasteiger charge is -2.38. The number of amides is 1. The minimum Gasteiger partial charge on any atom is -0.508 e. The maximum absolute atomic E-state index is 14.1. The van der Waals surface area contributed by atoms with Crippen LogP contribution in [-0.4, -0.2) is 79.7 Å².